The lowest BCUT2D eigenvalue weighted by Gasteiger charge is -2.36. The number of piperazine rings is 1. The third kappa shape index (κ3) is 5.47. The fraction of sp³-hybridized carbons (Fsp3) is 0.667. The summed E-state index contributed by atoms with van der Waals surface area (Å²) >= 11 is 1.81. The molecular weight excluding hydrogens is 306 g/mol. The first kappa shape index (κ1) is 17.2. The molecular formula is C18H29N3OS. The molecule has 0 radical (unpaired) electrons. The van der Waals surface area contributed by atoms with E-state index >= 15 is 0 Å². The molecule has 128 valence electrons. The number of benzene rings is 1. The first-order valence-corrected chi connectivity index (χ1v) is 9.94. The van der Waals surface area contributed by atoms with Crippen LogP contribution in [0, 0.1) is 0 Å². The van der Waals surface area contributed by atoms with E-state index in [9.17, 15) is 0 Å². The molecule has 0 amide bonds. The predicted octanol–water partition coefficient (Wildman–Crippen LogP) is 1.86. The van der Waals surface area contributed by atoms with Crippen molar-refractivity contribution < 1.29 is 4.74 Å². The van der Waals surface area contributed by atoms with E-state index in [0.29, 0.717) is 0 Å². The van der Waals surface area contributed by atoms with Gasteiger partial charge < -0.3 is 4.74 Å². The van der Waals surface area contributed by atoms with Crippen LogP contribution in [0.3, 0.4) is 0 Å². The standard InChI is InChI=1S/C18H29N3OS/c1-23-18-4-2-17(3-5-18)16-21-10-8-19(9-11-21)6-7-20-12-14-22-15-13-20/h2-5H,6-16H2,1H3. The molecule has 0 spiro atoms. The molecule has 23 heavy (non-hydrogen) atoms. The van der Waals surface area contributed by atoms with E-state index in [0.717, 1.165) is 32.8 Å². The Morgan fingerprint density at radius 2 is 1.39 bits per heavy atom. The molecule has 2 saturated heterocycles. The number of hydrogen-bond acceptors (Lipinski definition) is 5. The van der Waals surface area contributed by atoms with Crippen molar-refractivity contribution in [3.05, 3.63) is 29.8 Å². The highest BCUT2D eigenvalue weighted by atomic mass is 32.2. The van der Waals surface area contributed by atoms with Gasteiger partial charge in [0.1, 0.15) is 0 Å². The van der Waals surface area contributed by atoms with Crippen molar-refractivity contribution in [3.8, 4) is 0 Å². The molecule has 2 aliphatic rings. The second-order valence-electron chi connectivity index (χ2n) is 6.42. The maximum atomic E-state index is 5.41. The van der Waals surface area contributed by atoms with Crippen LogP contribution in [0.2, 0.25) is 0 Å². The third-order valence-corrected chi connectivity index (χ3v) is 5.61. The van der Waals surface area contributed by atoms with Gasteiger partial charge in [-0.25, -0.2) is 0 Å². The van der Waals surface area contributed by atoms with Crippen LogP contribution in [-0.2, 0) is 11.3 Å². The van der Waals surface area contributed by atoms with E-state index in [2.05, 4.69) is 45.2 Å². The number of rotatable bonds is 6. The smallest absolute Gasteiger partial charge is 0.0594 e. The Balaban J connectivity index is 1.36. The minimum atomic E-state index is 0.906. The molecule has 2 heterocycles. The topological polar surface area (TPSA) is 19.0 Å². The minimum Gasteiger partial charge on any atom is -0.379 e. The van der Waals surface area contributed by atoms with Crippen molar-refractivity contribution in [1.29, 1.82) is 0 Å². The number of nitrogens with zero attached hydrogens (tertiary/aromatic N) is 3. The molecule has 0 N–H and O–H groups in total. The molecule has 0 aliphatic carbocycles. The highest BCUT2D eigenvalue weighted by Gasteiger charge is 2.18. The third-order valence-electron chi connectivity index (χ3n) is 4.87. The van der Waals surface area contributed by atoms with Crippen molar-refractivity contribution in [2.45, 2.75) is 11.4 Å². The Morgan fingerprint density at radius 1 is 0.826 bits per heavy atom. The average Bonchev–Trinajstić information content (AvgIpc) is 2.63. The summed E-state index contributed by atoms with van der Waals surface area (Å²) in [5.41, 5.74) is 1.43. The van der Waals surface area contributed by atoms with Gasteiger partial charge in [-0.3, -0.25) is 14.7 Å². The first-order valence-electron chi connectivity index (χ1n) is 8.71. The maximum absolute atomic E-state index is 5.41. The molecule has 0 bridgehead atoms. The van der Waals surface area contributed by atoms with Crippen LogP contribution in [0.5, 0.6) is 0 Å². The van der Waals surface area contributed by atoms with Gasteiger partial charge in [-0.05, 0) is 24.0 Å². The van der Waals surface area contributed by atoms with E-state index in [4.69, 9.17) is 4.74 Å². The van der Waals surface area contributed by atoms with Crippen LogP contribution in [-0.4, -0.2) is 86.5 Å². The largest absolute Gasteiger partial charge is 0.379 e. The second-order valence-corrected chi connectivity index (χ2v) is 7.30. The van der Waals surface area contributed by atoms with Gasteiger partial charge in [-0.1, -0.05) is 12.1 Å². The number of hydrogen-bond donors (Lipinski definition) is 0. The molecule has 3 rings (SSSR count). The Morgan fingerprint density at radius 3 is 2.00 bits per heavy atom. The normalized spacial score (nSPS) is 21.6. The maximum Gasteiger partial charge on any atom is 0.0594 e. The van der Waals surface area contributed by atoms with Gasteiger partial charge in [-0.2, -0.15) is 0 Å². The lowest BCUT2D eigenvalue weighted by molar-refractivity contribution is 0.0297. The number of thioether (sulfide) groups is 1. The summed E-state index contributed by atoms with van der Waals surface area (Å²) in [4.78, 5) is 9.08. The van der Waals surface area contributed by atoms with E-state index in [-0.39, 0.29) is 0 Å². The highest BCUT2D eigenvalue weighted by Crippen LogP contribution is 2.16. The Bertz CT molecular complexity index is 454. The molecule has 0 aromatic heterocycles. The summed E-state index contributed by atoms with van der Waals surface area (Å²) in [5, 5.41) is 0. The second kappa shape index (κ2) is 9.04. The first-order chi connectivity index (χ1) is 11.3. The van der Waals surface area contributed by atoms with Crippen molar-refractivity contribution in [1.82, 2.24) is 14.7 Å². The Kier molecular flexibility index (Phi) is 6.78. The van der Waals surface area contributed by atoms with Gasteiger partial charge in [0.15, 0.2) is 0 Å². The summed E-state index contributed by atoms with van der Waals surface area (Å²) in [6, 6.07) is 9.02. The van der Waals surface area contributed by atoms with Gasteiger partial charge in [0.2, 0.25) is 0 Å². The molecule has 5 heteroatoms. The molecule has 0 atom stereocenters. The van der Waals surface area contributed by atoms with Crippen molar-refractivity contribution >= 4 is 11.8 Å². The molecule has 1 aromatic rings. The molecule has 2 fully saturated rings. The molecule has 0 unspecified atom stereocenters. The fourth-order valence-electron chi connectivity index (χ4n) is 3.27. The summed E-state index contributed by atoms with van der Waals surface area (Å²) in [5.74, 6) is 0. The van der Waals surface area contributed by atoms with Crippen LogP contribution in [0.25, 0.3) is 0 Å². The van der Waals surface area contributed by atoms with Gasteiger partial charge >= 0.3 is 0 Å². The molecule has 1 aromatic carbocycles. The molecule has 4 nitrogen and oxygen atoms in total. The summed E-state index contributed by atoms with van der Waals surface area (Å²) in [6.45, 7) is 12.3. The van der Waals surface area contributed by atoms with Crippen LogP contribution in [0.1, 0.15) is 5.56 Å². The lowest BCUT2D eigenvalue weighted by atomic mass is 10.2. The van der Waals surface area contributed by atoms with Gasteiger partial charge in [0, 0.05) is 63.8 Å². The van der Waals surface area contributed by atoms with E-state index in [1.165, 1.54) is 49.7 Å². The zero-order valence-electron chi connectivity index (χ0n) is 14.2. The molecule has 0 saturated carbocycles. The van der Waals surface area contributed by atoms with Crippen molar-refractivity contribution in [2.75, 3.05) is 71.8 Å². The monoisotopic (exact) mass is 335 g/mol. The predicted molar refractivity (Wildman–Crippen MR) is 97.2 cm³/mol. The highest BCUT2D eigenvalue weighted by molar-refractivity contribution is 7.98. The Labute approximate surface area is 144 Å². The summed E-state index contributed by atoms with van der Waals surface area (Å²) in [6.07, 6.45) is 2.13. The summed E-state index contributed by atoms with van der Waals surface area (Å²) < 4.78 is 5.41. The molecule has 2 aliphatic heterocycles. The fourth-order valence-corrected chi connectivity index (χ4v) is 3.68. The zero-order chi connectivity index (χ0) is 15.9. The van der Waals surface area contributed by atoms with Gasteiger partial charge in [0.05, 0.1) is 13.2 Å². The van der Waals surface area contributed by atoms with E-state index < -0.39 is 0 Å². The minimum absolute atomic E-state index is 0.906. The average molecular weight is 336 g/mol. The number of ether oxygens (including phenoxy) is 1. The van der Waals surface area contributed by atoms with Gasteiger partial charge in [-0.15, -0.1) is 11.8 Å². The summed E-state index contributed by atoms with van der Waals surface area (Å²) in [7, 11) is 0. The van der Waals surface area contributed by atoms with Crippen molar-refractivity contribution in [3.63, 3.8) is 0 Å². The zero-order valence-corrected chi connectivity index (χ0v) is 15.1. The van der Waals surface area contributed by atoms with Crippen LogP contribution in [0.4, 0.5) is 0 Å². The quantitative estimate of drug-likeness (QED) is 0.737. The van der Waals surface area contributed by atoms with E-state index in [1.807, 2.05) is 11.8 Å². The Hall–Kier alpha value is -0.590. The van der Waals surface area contributed by atoms with E-state index in [1.54, 1.807) is 0 Å². The van der Waals surface area contributed by atoms with Crippen LogP contribution >= 0.6 is 11.8 Å². The van der Waals surface area contributed by atoms with Crippen LogP contribution in [0.15, 0.2) is 29.2 Å². The number of morpholine rings is 1. The SMILES string of the molecule is CSc1ccc(CN2CCN(CCN3CCOCC3)CC2)cc1. The van der Waals surface area contributed by atoms with Crippen LogP contribution < -0.4 is 0 Å². The van der Waals surface area contributed by atoms with Crippen molar-refractivity contribution in [2.24, 2.45) is 0 Å². The van der Waals surface area contributed by atoms with Gasteiger partial charge in [0.25, 0.3) is 0 Å². The lowest BCUT2D eigenvalue weighted by Crippen LogP contribution is -2.49.